The van der Waals surface area contributed by atoms with Gasteiger partial charge in [-0.25, -0.2) is 4.98 Å². The molecule has 0 aliphatic heterocycles. The van der Waals surface area contributed by atoms with E-state index in [-0.39, 0.29) is 5.41 Å². The smallest absolute Gasteiger partial charge is 0.112 e. The summed E-state index contributed by atoms with van der Waals surface area (Å²) < 4.78 is 0. The highest BCUT2D eigenvalue weighted by atomic mass is 14.9. The van der Waals surface area contributed by atoms with Crippen molar-refractivity contribution in [2.24, 2.45) is 0 Å². The van der Waals surface area contributed by atoms with E-state index in [9.17, 15) is 0 Å². The van der Waals surface area contributed by atoms with Crippen LogP contribution in [0.25, 0.3) is 0 Å². The zero-order valence-corrected chi connectivity index (χ0v) is 9.36. The summed E-state index contributed by atoms with van der Waals surface area (Å²) in [4.78, 5) is 7.99. The van der Waals surface area contributed by atoms with E-state index < -0.39 is 0 Å². The van der Waals surface area contributed by atoms with Crippen molar-refractivity contribution in [3.63, 3.8) is 0 Å². The van der Waals surface area contributed by atoms with Crippen LogP contribution in [0.3, 0.4) is 0 Å². The van der Waals surface area contributed by atoms with Crippen LogP contribution >= 0.6 is 0 Å². The summed E-state index contributed by atoms with van der Waals surface area (Å²) in [6.07, 6.45) is 2.13. The van der Waals surface area contributed by atoms with Gasteiger partial charge in [0.15, 0.2) is 0 Å². The van der Waals surface area contributed by atoms with E-state index in [1.54, 1.807) is 0 Å². The van der Waals surface area contributed by atoms with Crippen LogP contribution in [0.4, 0.5) is 0 Å². The fraction of sp³-hybridized carbons (Fsp3) is 0.727. The van der Waals surface area contributed by atoms with Gasteiger partial charge in [-0.2, -0.15) is 0 Å². The normalized spacial score (nSPS) is 12.1. The molecule has 0 saturated heterocycles. The molecule has 0 atom stereocenters. The Kier molecular flexibility index (Phi) is 2.79. The van der Waals surface area contributed by atoms with Crippen molar-refractivity contribution in [3.8, 4) is 0 Å². The lowest BCUT2D eigenvalue weighted by atomic mass is 9.89. The van der Waals surface area contributed by atoms with Crippen molar-refractivity contribution in [3.05, 3.63) is 17.2 Å². The largest absolute Gasteiger partial charge is 0.345 e. The first-order valence-electron chi connectivity index (χ1n) is 5.07. The fourth-order valence-corrected chi connectivity index (χ4v) is 1.33. The van der Waals surface area contributed by atoms with E-state index in [1.807, 2.05) is 0 Å². The highest BCUT2D eigenvalue weighted by molar-refractivity contribution is 5.17. The molecule has 0 amide bonds. The monoisotopic (exact) mass is 180 g/mol. The van der Waals surface area contributed by atoms with Crippen LogP contribution in [-0.2, 0) is 11.8 Å². The molecule has 0 spiro atoms. The first-order valence-corrected chi connectivity index (χ1v) is 5.07. The number of nitrogens with zero attached hydrogens (tertiary/aromatic N) is 1. The zero-order chi connectivity index (χ0) is 10.1. The number of imidazole rings is 1. The van der Waals surface area contributed by atoms with Crippen LogP contribution in [0.15, 0.2) is 0 Å². The Morgan fingerprint density at radius 3 is 2.31 bits per heavy atom. The number of aromatic nitrogens is 2. The predicted octanol–water partition coefficient (Wildman–Crippen LogP) is 2.97. The molecule has 1 aromatic heterocycles. The van der Waals surface area contributed by atoms with Gasteiger partial charge >= 0.3 is 0 Å². The van der Waals surface area contributed by atoms with E-state index in [4.69, 9.17) is 0 Å². The summed E-state index contributed by atoms with van der Waals surface area (Å²) in [5.74, 6) is 1.13. The summed E-state index contributed by atoms with van der Waals surface area (Å²) in [7, 11) is 0. The third-order valence-corrected chi connectivity index (χ3v) is 2.85. The molecule has 0 unspecified atom stereocenters. The van der Waals surface area contributed by atoms with Gasteiger partial charge in [0, 0.05) is 11.1 Å². The van der Waals surface area contributed by atoms with Crippen LogP contribution in [0.2, 0.25) is 0 Å². The Balaban J connectivity index is 3.03. The summed E-state index contributed by atoms with van der Waals surface area (Å²) in [6, 6.07) is 0. The zero-order valence-electron chi connectivity index (χ0n) is 9.36. The summed E-state index contributed by atoms with van der Waals surface area (Å²) >= 11 is 0. The molecule has 0 aliphatic carbocycles. The maximum Gasteiger partial charge on any atom is 0.112 e. The van der Waals surface area contributed by atoms with Crippen LogP contribution in [-0.4, -0.2) is 9.97 Å². The van der Waals surface area contributed by atoms with Crippen LogP contribution in [0.1, 0.15) is 51.3 Å². The Labute approximate surface area is 80.8 Å². The van der Waals surface area contributed by atoms with Gasteiger partial charge in [-0.05, 0) is 19.8 Å². The van der Waals surface area contributed by atoms with Crippen molar-refractivity contribution in [1.82, 2.24) is 9.97 Å². The molecule has 0 aromatic carbocycles. The molecule has 1 rings (SSSR count). The molecule has 1 N–H and O–H groups in total. The lowest BCUT2D eigenvalue weighted by Gasteiger charge is -2.19. The van der Waals surface area contributed by atoms with Crippen LogP contribution in [0.5, 0.6) is 0 Å². The van der Waals surface area contributed by atoms with Crippen LogP contribution < -0.4 is 0 Å². The van der Waals surface area contributed by atoms with Gasteiger partial charge in [0.25, 0.3) is 0 Å². The molecule has 2 nitrogen and oxygen atoms in total. The fourth-order valence-electron chi connectivity index (χ4n) is 1.33. The summed E-state index contributed by atoms with van der Waals surface area (Å²) in [5, 5.41) is 0. The van der Waals surface area contributed by atoms with Crippen molar-refractivity contribution >= 4 is 0 Å². The average Bonchev–Trinajstić information content (AvgIpc) is 2.47. The quantitative estimate of drug-likeness (QED) is 0.761. The number of rotatable bonds is 3. The number of nitrogens with one attached hydrogen (secondary N) is 1. The van der Waals surface area contributed by atoms with Crippen molar-refractivity contribution in [2.75, 3.05) is 0 Å². The number of aryl methyl sites for hydroxylation is 2. The van der Waals surface area contributed by atoms with E-state index in [0.29, 0.717) is 0 Å². The van der Waals surface area contributed by atoms with E-state index in [0.717, 1.165) is 18.7 Å². The van der Waals surface area contributed by atoms with Gasteiger partial charge < -0.3 is 4.98 Å². The number of H-pyrrole nitrogens is 1. The predicted molar refractivity (Wildman–Crippen MR) is 56.0 cm³/mol. The second kappa shape index (κ2) is 3.52. The highest BCUT2D eigenvalue weighted by Crippen LogP contribution is 2.24. The SMILES string of the molecule is CCc1nc(C(C)(C)CC)[nH]c1C. The molecule has 0 radical (unpaired) electrons. The Morgan fingerprint density at radius 2 is 1.92 bits per heavy atom. The van der Waals surface area contributed by atoms with Crippen molar-refractivity contribution in [2.45, 2.75) is 52.9 Å². The van der Waals surface area contributed by atoms with Gasteiger partial charge in [-0.1, -0.05) is 27.7 Å². The lowest BCUT2D eigenvalue weighted by molar-refractivity contribution is 0.476. The molecule has 0 saturated carbocycles. The van der Waals surface area contributed by atoms with Gasteiger partial charge in [-0.3, -0.25) is 0 Å². The minimum absolute atomic E-state index is 0.179. The van der Waals surface area contributed by atoms with E-state index in [2.05, 4.69) is 44.6 Å². The molecule has 2 heteroatoms. The Morgan fingerprint density at radius 1 is 1.31 bits per heavy atom. The second-order valence-corrected chi connectivity index (χ2v) is 4.25. The molecule has 1 heterocycles. The Bertz CT molecular complexity index is 284. The summed E-state index contributed by atoms with van der Waals surface area (Å²) in [6.45, 7) is 10.9. The first-order chi connectivity index (χ1) is 6.01. The number of hydrogen-bond donors (Lipinski definition) is 1. The van der Waals surface area contributed by atoms with Crippen molar-refractivity contribution < 1.29 is 0 Å². The minimum atomic E-state index is 0.179. The van der Waals surface area contributed by atoms with E-state index >= 15 is 0 Å². The highest BCUT2D eigenvalue weighted by Gasteiger charge is 2.22. The number of hydrogen-bond acceptors (Lipinski definition) is 1. The second-order valence-electron chi connectivity index (χ2n) is 4.25. The molecule has 1 aromatic rings. The maximum atomic E-state index is 4.62. The summed E-state index contributed by atoms with van der Waals surface area (Å²) in [5.41, 5.74) is 2.61. The lowest BCUT2D eigenvalue weighted by Crippen LogP contribution is -2.17. The topological polar surface area (TPSA) is 28.7 Å². The molecule has 74 valence electrons. The molecule has 13 heavy (non-hydrogen) atoms. The molecular formula is C11H20N2. The third kappa shape index (κ3) is 1.93. The molecular weight excluding hydrogens is 160 g/mol. The molecule has 0 bridgehead atoms. The van der Waals surface area contributed by atoms with E-state index in [1.165, 1.54) is 11.4 Å². The number of aromatic amines is 1. The minimum Gasteiger partial charge on any atom is -0.345 e. The Hall–Kier alpha value is -0.790. The van der Waals surface area contributed by atoms with Gasteiger partial charge in [0.05, 0.1) is 5.69 Å². The average molecular weight is 180 g/mol. The van der Waals surface area contributed by atoms with Gasteiger partial charge in [0.1, 0.15) is 5.82 Å². The third-order valence-electron chi connectivity index (χ3n) is 2.85. The maximum absolute atomic E-state index is 4.62. The molecule has 0 fully saturated rings. The van der Waals surface area contributed by atoms with Gasteiger partial charge in [0.2, 0.25) is 0 Å². The van der Waals surface area contributed by atoms with Crippen molar-refractivity contribution in [1.29, 1.82) is 0 Å². The first kappa shape index (κ1) is 10.3. The van der Waals surface area contributed by atoms with Crippen LogP contribution in [0, 0.1) is 6.92 Å². The molecule has 0 aliphatic rings. The standard InChI is InChI=1S/C11H20N2/c1-6-9-8(3)12-10(13-9)11(4,5)7-2/h6-7H2,1-5H3,(H,12,13). The van der Waals surface area contributed by atoms with Gasteiger partial charge in [-0.15, -0.1) is 0 Å².